The van der Waals surface area contributed by atoms with Crippen molar-refractivity contribution < 1.29 is 9.18 Å². The molecule has 8 heteroatoms. The summed E-state index contributed by atoms with van der Waals surface area (Å²) < 4.78 is 17.1. The van der Waals surface area contributed by atoms with Crippen LogP contribution in [0.3, 0.4) is 0 Å². The fourth-order valence-corrected chi connectivity index (χ4v) is 3.87. The number of carbonyl (C=O) groups is 1. The van der Waals surface area contributed by atoms with E-state index < -0.39 is 0 Å². The normalized spacial score (nSPS) is 16.2. The number of hydrogen-bond acceptors (Lipinski definition) is 4. The summed E-state index contributed by atoms with van der Waals surface area (Å²) in [5, 5.41) is 13.4. The fraction of sp³-hybridized carbons (Fsp3) is 0.238. The quantitative estimate of drug-likeness (QED) is 0.527. The zero-order chi connectivity index (χ0) is 20.1. The molecule has 146 valence electrons. The minimum absolute atomic E-state index is 0.142. The van der Waals surface area contributed by atoms with Crippen molar-refractivity contribution in [2.45, 2.75) is 26.4 Å². The second-order valence-electron chi connectivity index (χ2n) is 7.25. The lowest BCUT2D eigenvalue weighted by Crippen LogP contribution is -2.41. The predicted octanol–water partition coefficient (Wildman–Crippen LogP) is 3.26. The van der Waals surface area contributed by atoms with Crippen LogP contribution in [0.4, 0.5) is 4.39 Å². The molecular weight excluding hydrogens is 371 g/mol. The number of pyridine rings is 1. The number of benzene rings is 1. The molecule has 1 aliphatic rings. The molecule has 5 rings (SSSR count). The SMILES string of the molecule is Cc1cccc2cc(-c3nnc4n3CCN(C(=O)c3ccc(F)cc3)C4C)nn12. The van der Waals surface area contributed by atoms with Crippen molar-refractivity contribution in [3.05, 3.63) is 71.4 Å². The molecule has 0 saturated heterocycles. The molecule has 0 bridgehead atoms. The predicted molar refractivity (Wildman–Crippen MR) is 105 cm³/mol. The van der Waals surface area contributed by atoms with Gasteiger partial charge in [-0.2, -0.15) is 5.10 Å². The van der Waals surface area contributed by atoms with E-state index in [1.54, 1.807) is 4.90 Å². The molecule has 7 nitrogen and oxygen atoms in total. The number of amides is 1. The van der Waals surface area contributed by atoms with Gasteiger partial charge in [-0.25, -0.2) is 8.91 Å². The van der Waals surface area contributed by atoms with Crippen LogP contribution in [-0.2, 0) is 6.54 Å². The van der Waals surface area contributed by atoms with Gasteiger partial charge in [0.15, 0.2) is 11.6 Å². The van der Waals surface area contributed by atoms with Crippen LogP contribution < -0.4 is 0 Å². The van der Waals surface area contributed by atoms with Crippen molar-refractivity contribution in [1.29, 1.82) is 0 Å². The number of carbonyl (C=O) groups excluding carboxylic acids is 1. The lowest BCUT2D eigenvalue weighted by molar-refractivity contribution is 0.0638. The Labute approximate surface area is 166 Å². The number of aryl methyl sites for hydroxylation is 1. The number of aromatic nitrogens is 5. The third-order valence-corrected chi connectivity index (χ3v) is 5.44. The number of nitrogens with zero attached hydrogens (tertiary/aromatic N) is 6. The Morgan fingerprint density at radius 2 is 1.90 bits per heavy atom. The van der Waals surface area contributed by atoms with Gasteiger partial charge < -0.3 is 9.47 Å². The first-order valence-electron chi connectivity index (χ1n) is 9.48. The Kier molecular flexibility index (Phi) is 3.94. The van der Waals surface area contributed by atoms with E-state index in [0.29, 0.717) is 24.5 Å². The number of fused-ring (bicyclic) bond motifs is 2. The Balaban J connectivity index is 1.48. The van der Waals surface area contributed by atoms with Crippen molar-refractivity contribution in [3.63, 3.8) is 0 Å². The maximum absolute atomic E-state index is 13.2. The summed E-state index contributed by atoms with van der Waals surface area (Å²) in [5.74, 6) is 0.913. The lowest BCUT2D eigenvalue weighted by Gasteiger charge is -2.33. The Hall–Kier alpha value is -3.55. The molecule has 1 atom stereocenters. The smallest absolute Gasteiger partial charge is 0.254 e. The summed E-state index contributed by atoms with van der Waals surface area (Å²) in [6.45, 7) is 5.02. The van der Waals surface area contributed by atoms with Crippen LogP contribution in [0.25, 0.3) is 17.0 Å². The standard InChI is InChI=1S/C21H19FN6O/c1-13-4-3-5-17-12-18(25-28(13)17)20-24-23-19-14(2)26(10-11-27(19)20)21(29)15-6-8-16(22)9-7-15/h3-9,12,14H,10-11H2,1-2H3. The highest BCUT2D eigenvalue weighted by Gasteiger charge is 2.32. The zero-order valence-electron chi connectivity index (χ0n) is 16.1. The van der Waals surface area contributed by atoms with Crippen LogP contribution in [0.15, 0.2) is 48.5 Å². The summed E-state index contributed by atoms with van der Waals surface area (Å²) in [4.78, 5) is 14.6. The number of rotatable bonds is 2. The van der Waals surface area contributed by atoms with E-state index in [0.717, 1.165) is 22.7 Å². The first kappa shape index (κ1) is 17.5. The van der Waals surface area contributed by atoms with Gasteiger partial charge in [0, 0.05) is 24.3 Å². The molecule has 0 fully saturated rings. The van der Waals surface area contributed by atoms with Crippen LogP contribution in [0, 0.1) is 12.7 Å². The minimum atomic E-state index is -0.361. The molecule has 3 aromatic heterocycles. The van der Waals surface area contributed by atoms with Crippen molar-refractivity contribution in [2.24, 2.45) is 0 Å². The topological polar surface area (TPSA) is 68.3 Å². The molecule has 4 heterocycles. The summed E-state index contributed by atoms with van der Waals surface area (Å²) in [7, 11) is 0. The van der Waals surface area contributed by atoms with Crippen molar-refractivity contribution in [1.82, 2.24) is 29.3 Å². The molecule has 0 saturated carbocycles. The highest BCUT2D eigenvalue weighted by molar-refractivity contribution is 5.94. The largest absolute Gasteiger partial charge is 0.327 e. The Morgan fingerprint density at radius 1 is 1.10 bits per heavy atom. The highest BCUT2D eigenvalue weighted by Crippen LogP contribution is 2.29. The van der Waals surface area contributed by atoms with Crippen molar-refractivity contribution >= 4 is 11.4 Å². The van der Waals surface area contributed by atoms with Gasteiger partial charge in [-0.3, -0.25) is 4.79 Å². The summed E-state index contributed by atoms with van der Waals surface area (Å²) in [6.07, 6.45) is 0. The molecule has 0 radical (unpaired) electrons. The van der Waals surface area contributed by atoms with E-state index in [9.17, 15) is 9.18 Å². The first-order valence-corrected chi connectivity index (χ1v) is 9.48. The molecular formula is C21H19FN6O. The second kappa shape index (κ2) is 6.51. The van der Waals surface area contributed by atoms with Gasteiger partial charge in [-0.05, 0) is 56.3 Å². The molecule has 29 heavy (non-hydrogen) atoms. The van der Waals surface area contributed by atoms with Crippen LogP contribution in [0.2, 0.25) is 0 Å². The Morgan fingerprint density at radius 3 is 2.66 bits per heavy atom. The van der Waals surface area contributed by atoms with Crippen LogP contribution in [-0.4, -0.2) is 41.7 Å². The van der Waals surface area contributed by atoms with Crippen LogP contribution >= 0.6 is 0 Å². The van der Waals surface area contributed by atoms with Gasteiger partial charge in [-0.15, -0.1) is 10.2 Å². The van der Waals surface area contributed by atoms with E-state index in [2.05, 4.69) is 15.3 Å². The molecule has 0 aliphatic carbocycles. The van der Waals surface area contributed by atoms with Gasteiger partial charge in [-0.1, -0.05) is 6.07 Å². The molecule has 1 aliphatic heterocycles. The monoisotopic (exact) mass is 390 g/mol. The maximum Gasteiger partial charge on any atom is 0.254 e. The molecule has 1 unspecified atom stereocenters. The number of hydrogen-bond donors (Lipinski definition) is 0. The zero-order valence-corrected chi connectivity index (χ0v) is 16.1. The van der Waals surface area contributed by atoms with Crippen molar-refractivity contribution in [2.75, 3.05) is 6.54 Å². The van der Waals surface area contributed by atoms with Crippen LogP contribution in [0.5, 0.6) is 0 Å². The molecule has 4 aromatic rings. The van der Waals surface area contributed by atoms with Gasteiger partial charge in [0.2, 0.25) is 0 Å². The van der Waals surface area contributed by atoms with Gasteiger partial charge in [0.25, 0.3) is 5.91 Å². The Bertz CT molecular complexity index is 1230. The second-order valence-corrected chi connectivity index (χ2v) is 7.25. The summed E-state index contributed by atoms with van der Waals surface area (Å²) >= 11 is 0. The summed E-state index contributed by atoms with van der Waals surface area (Å²) in [5.41, 5.74) is 3.25. The molecule has 1 aromatic carbocycles. The molecule has 1 amide bonds. The van der Waals surface area contributed by atoms with E-state index >= 15 is 0 Å². The average molecular weight is 390 g/mol. The molecule has 0 N–H and O–H groups in total. The van der Waals surface area contributed by atoms with Gasteiger partial charge >= 0.3 is 0 Å². The van der Waals surface area contributed by atoms with Crippen LogP contribution in [0.1, 0.15) is 34.8 Å². The third kappa shape index (κ3) is 2.79. The van der Waals surface area contributed by atoms with E-state index in [1.165, 1.54) is 24.3 Å². The van der Waals surface area contributed by atoms with E-state index in [4.69, 9.17) is 0 Å². The highest BCUT2D eigenvalue weighted by atomic mass is 19.1. The van der Waals surface area contributed by atoms with Gasteiger partial charge in [0.1, 0.15) is 11.5 Å². The van der Waals surface area contributed by atoms with Crippen molar-refractivity contribution in [3.8, 4) is 11.5 Å². The third-order valence-electron chi connectivity index (χ3n) is 5.44. The maximum atomic E-state index is 13.2. The minimum Gasteiger partial charge on any atom is -0.327 e. The van der Waals surface area contributed by atoms with Gasteiger partial charge in [0.05, 0.1) is 11.6 Å². The van der Waals surface area contributed by atoms with E-state index in [1.807, 2.05) is 47.2 Å². The average Bonchev–Trinajstić information content (AvgIpc) is 3.33. The lowest BCUT2D eigenvalue weighted by atomic mass is 10.1. The molecule has 0 spiro atoms. The fourth-order valence-electron chi connectivity index (χ4n) is 3.87. The first-order chi connectivity index (χ1) is 14.0. The van der Waals surface area contributed by atoms with E-state index in [-0.39, 0.29) is 17.8 Å². The summed E-state index contributed by atoms with van der Waals surface area (Å²) in [6, 6.07) is 13.4. The number of halogens is 1.